The van der Waals surface area contributed by atoms with Gasteiger partial charge in [-0.3, -0.25) is 0 Å². The van der Waals surface area contributed by atoms with Gasteiger partial charge in [-0.25, -0.2) is 9.97 Å². The fraction of sp³-hybridized carbons (Fsp3) is 0.300. The molecule has 5 nitrogen and oxygen atoms in total. The number of hydrogen-bond acceptors (Lipinski definition) is 7. The van der Waals surface area contributed by atoms with Crippen molar-refractivity contribution in [3.05, 3.63) is 23.1 Å². The Morgan fingerprint density at radius 3 is 2.82 bits per heavy atom. The van der Waals surface area contributed by atoms with Crippen LogP contribution in [0.15, 0.2) is 21.8 Å². The minimum Gasteiger partial charge on any atom is -0.245 e. The second-order valence-corrected chi connectivity index (χ2v) is 5.91. The van der Waals surface area contributed by atoms with Gasteiger partial charge in [0.15, 0.2) is 10.0 Å². The van der Waals surface area contributed by atoms with Crippen LogP contribution in [0.25, 0.3) is 0 Å². The van der Waals surface area contributed by atoms with Crippen LogP contribution in [-0.4, -0.2) is 20.2 Å². The van der Waals surface area contributed by atoms with Crippen molar-refractivity contribution in [1.29, 1.82) is 5.26 Å². The third-order valence-corrected chi connectivity index (χ3v) is 4.34. The highest BCUT2D eigenvalue weighted by atomic mass is 32.2. The van der Waals surface area contributed by atoms with E-state index in [0.29, 0.717) is 11.6 Å². The summed E-state index contributed by atoms with van der Waals surface area (Å²) in [7, 11) is 0. The van der Waals surface area contributed by atoms with Crippen LogP contribution in [0.5, 0.6) is 0 Å². The van der Waals surface area contributed by atoms with Crippen molar-refractivity contribution in [3.63, 3.8) is 0 Å². The van der Waals surface area contributed by atoms with Crippen molar-refractivity contribution in [2.24, 2.45) is 0 Å². The molecule has 84 valence electrons. The van der Waals surface area contributed by atoms with Gasteiger partial charge in [0.25, 0.3) is 0 Å². The molecule has 2 aromatic rings. The molecule has 0 bridgehead atoms. The first kappa shape index (κ1) is 10.6. The van der Waals surface area contributed by atoms with Crippen LogP contribution in [0.2, 0.25) is 0 Å². The Labute approximate surface area is 106 Å². The molecule has 0 spiro atoms. The third kappa shape index (κ3) is 2.43. The maximum absolute atomic E-state index is 8.61. The molecule has 2 heterocycles. The molecule has 0 atom stereocenters. The molecule has 2 aromatic heterocycles. The first-order chi connectivity index (χ1) is 8.35. The number of rotatable bonds is 3. The molecule has 1 aliphatic rings. The largest absolute Gasteiger partial charge is 0.245 e. The van der Waals surface area contributed by atoms with Gasteiger partial charge in [0, 0.05) is 5.92 Å². The van der Waals surface area contributed by atoms with Crippen LogP contribution in [0, 0.1) is 11.3 Å². The predicted molar refractivity (Wildman–Crippen MR) is 62.8 cm³/mol. The highest BCUT2D eigenvalue weighted by molar-refractivity contribution is 8.01. The van der Waals surface area contributed by atoms with Gasteiger partial charge in [-0.05, 0) is 24.6 Å². The van der Waals surface area contributed by atoms with Crippen LogP contribution in [-0.2, 0) is 0 Å². The van der Waals surface area contributed by atoms with Crippen LogP contribution < -0.4 is 0 Å². The van der Waals surface area contributed by atoms with E-state index in [2.05, 4.69) is 20.2 Å². The zero-order valence-electron chi connectivity index (χ0n) is 8.70. The molecule has 1 saturated carbocycles. The van der Waals surface area contributed by atoms with Gasteiger partial charge in [0.05, 0.1) is 12.4 Å². The lowest BCUT2D eigenvalue weighted by Crippen LogP contribution is -1.86. The Morgan fingerprint density at radius 1 is 1.29 bits per heavy atom. The standard InChI is InChI=1S/C10H7N5S2/c11-3-7-4-13-8(5-12-7)16-10-15-14-9(17-10)6-1-2-6/h4-6H,1-2H2. The molecular formula is C10H7N5S2. The van der Waals surface area contributed by atoms with Gasteiger partial charge >= 0.3 is 0 Å². The predicted octanol–water partition coefficient (Wildman–Crippen LogP) is 2.23. The Bertz CT molecular complexity index is 567. The number of hydrogen-bond donors (Lipinski definition) is 0. The van der Waals surface area contributed by atoms with E-state index >= 15 is 0 Å². The summed E-state index contributed by atoms with van der Waals surface area (Å²) in [4.78, 5) is 8.09. The molecule has 0 aliphatic heterocycles. The van der Waals surface area contributed by atoms with Crippen LogP contribution in [0.3, 0.4) is 0 Å². The highest BCUT2D eigenvalue weighted by Gasteiger charge is 2.27. The zero-order chi connectivity index (χ0) is 11.7. The second-order valence-electron chi connectivity index (χ2n) is 3.63. The van der Waals surface area contributed by atoms with Crippen molar-refractivity contribution in [3.8, 4) is 6.07 Å². The molecule has 7 heteroatoms. The second kappa shape index (κ2) is 4.39. The molecule has 1 fully saturated rings. The van der Waals surface area contributed by atoms with Crippen molar-refractivity contribution in [2.45, 2.75) is 28.1 Å². The van der Waals surface area contributed by atoms with Crippen LogP contribution in [0.1, 0.15) is 29.5 Å². The molecule has 0 amide bonds. The lowest BCUT2D eigenvalue weighted by atomic mass is 10.5. The van der Waals surface area contributed by atoms with Gasteiger partial charge in [0.2, 0.25) is 0 Å². The zero-order valence-corrected chi connectivity index (χ0v) is 10.3. The van der Waals surface area contributed by atoms with Gasteiger partial charge < -0.3 is 0 Å². The number of nitrogens with zero attached hydrogens (tertiary/aromatic N) is 5. The monoisotopic (exact) mass is 261 g/mol. The summed E-state index contributed by atoms with van der Waals surface area (Å²) in [6.45, 7) is 0. The topological polar surface area (TPSA) is 75.3 Å². The van der Waals surface area contributed by atoms with Gasteiger partial charge in [-0.15, -0.1) is 10.2 Å². The van der Waals surface area contributed by atoms with E-state index in [-0.39, 0.29) is 0 Å². The molecular weight excluding hydrogens is 254 g/mol. The van der Waals surface area contributed by atoms with Gasteiger partial charge in [-0.2, -0.15) is 5.26 Å². The molecule has 0 saturated heterocycles. The fourth-order valence-corrected chi connectivity index (χ4v) is 3.17. The van der Waals surface area contributed by atoms with Crippen molar-refractivity contribution < 1.29 is 0 Å². The van der Waals surface area contributed by atoms with E-state index in [4.69, 9.17) is 5.26 Å². The quantitative estimate of drug-likeness (QED) is 0.843. The Kier molecular flexibility index (Phi) is 2.74. The molecule has 0 radical (unpaired) electrons. The lowest BCUT2D eigenvalue weighted by Gasteiger charge is -1.94. The molecule has 0 aromatic carbocycles. The molecule has 3 rings (SSSR count). The van der Waals surface area contributed by atoms with Crippen molar-refractivity contribution in [1.82, 2.24) is 20.2 Å². The first-order valence-corrected chi connectivity index (χ1v) is 6.72. The average Bonchev–Trinajstić information content (AvgIpc) is 3.12. The summed E-state index contributed by atoms with van der Waals surface area (Å²) >= 11 is 3.05. The van der Waals surface area contributed by atoms with Gasteiger partial charge in [-0.1, -0.05) is 11.3 Å². The van der Waals surface area contributed by atoms with E-state index in [1.165, 1.54) is 30.8 Å². The Morgan fingerprint density at radius 2 is 2.18 bits per heavy atom. The van der Waals surface area contributed by atoms with E-state index in [0.717, 1.165) is 14.4 Å². The number of aromatic nitrogens is 4. The maximum Gasteiger partial charge on any atom is 0.180 e. The third-order valence-electron chi connectivity index (χ3n) is 2.28. The van der Waals surface area contributed by atoms with Crippen LogP contribution >= 0.6 is 23.1 Å². The molecule has 0 unspecified atom stereocenters. The van der Waals surface area contributed by atoms with E-state index in [1.54, 1.807) is 17.5 Å². The summed E-state index contributed by atoms with van der Waals surface area (Å²) in [6.07, 6.45) is 5.51. The summed E-state index contributed by atoms with van der Waals surface area (Å²) in [6, 6.07) is 1.94. The lowest BCUT2D eigenvalue weighted by molar-refractivity contribution is 0.934. The van der Waals surface area contributed by atoms with E-state index in [9.17, 15) is 0 Å². The SMILES string of the molecule is N#Cc1cnc(Sc2nnc(C3CC3)s2)cn1. The Balaban J connectivity index is 1.74. The molecule has 0 N–H and O–H groups in total. The average molecular weight is 261 g/mol. The van der Waals surface area contributed by atoms with Crippen LogP contribution in [0.4, 0.5) is 0 Å². The van der Waals surface area contributed by atoms with E-state index in [1.807, 2.05) is 6.07 Å². The minimum atomic E-state index is 0.324. The Hall–Kier alpha value is -1.52. The summed E-state index contributed by atoms with van der Waals surface area (Å²) in [5, 5.41) is 18.7. The summed E-state index contributed by atoms with van der Waals surface area (Å²) in [5.74, 6) is 0.633. The summed E-state index contributed by atoms with van der Waals surface area (Å²) < 4.78 is 0.880. The van der Waals surface area contributed by atoms with Crippen molar-refractivity contribution in [2.75, 3.05) is 0 Å². The number of nitriles is 1. The molecule has 17 heavy (non-hydrogen) atoms. The molecule has 1 aliphatic carbocycles. The summed E-state index contributed by atoms with van der Waals surface area (Å²) in [5.41, 5.74) is 0.324. The van der Waals surface area contributed by atoms with Gasteiger partial charge in [0.1, 0.15) is 16.1 Å². The highest BCUT2D eigenvalue weighted by Crippen LogP contribution is 2.43. The normalized spacial score (nSPS) is 14.5. The maximum atomic E-state index is 8.61. The minimum absolute atomic E-state index is 0.324. The first-order valence-electron chi connectivity index (χ1n) is 5.08. The smallest absolute Gasteiger partial charge is 0.180 e. The van der Waals surface area contributed by atoms with Crippen molar-refractivity contribution >= 4 is 23.1 Å². The van der Waals surface area contributed by atoms with E-state index < -0.39 is 0 Å². The fourth-order valence-electron chi connectivity index (χ4n) is 1.27.